The van der Waals surface area contributed by atoms with Crippen molar-refractivity contribution >= 4 is 23.2 Å². The van der Waals surface area contributed by atoms with Crippen molar-refractivity contribution in [2.45, 2.75) is 46.1 Å². The highest BCUT2D eigenvalue weighted by molar-refractivity contribution is 6.02. The van der Waals surface area contributed by atoms with Crippen LogP contribution < -0.4 is 15.5 Å². The Morgan fingerprint density at radius 2 is 1.90 bits per heavy atom. The maximum atomic E-state index is 13.1. The molecule has 0 bridgehead atoms. The van der Waals surface area contributed by atoms with E-state index in [1.807, 2.05) is 26.0 Å². The van der Waals surface area contributed by atoms with Crippen LogP contribution in [0.25, 0.3) is 0 Å². The van der Waals surface area contributed by atoms with E-state index in [9.17, 15) is 9.59 Å². The van der Waals surface area contributed by atoms with Gasteiger partial charge in [0, 0.05) is 50.6 Å². The molecule has 2 aromatic carbocycles. The summed E-state index contributed by atoms with van der Waals surface area (Å²) in [5.74, 6) is -0.165. The van der Waals surface area contributed by atoms with Gasteiger partial charge in [-0.1, -0.05) is 31.2 Å². The summed E-state index contributed by atoms with van der Waals surface area (Å²) in [6.07, 6.45) is 2.95. The number of benzene rings is 2. The van der Waals surface area contributed by atoms with Crippen LogP contribution in [0.1, 0.15) is 54.6 Å². The molecule has 2 aromatic rings. The second kappa shape index (κ2) is 11.5. The number of anilines is 2. The van der Waals surface area contributed by atoms with Crippen LogP contribution in [0.4, 0.5) is 11.4 Å². The molecule has 31 heavy (non-hydrogen) atoms. The van der Waals surface area contributed by atoms with Gasteiger partial charge < -0.3 is 20.3 Å². The molecule has 0 saturated heterocycles. The number of hydrogen-bond donors (Lipinski definition) is 2. The number of carbonyl (C=O) groups is 2. The van der Waals surface area contributed by atoms with Crippen LogP contribution in [0.3, 0.4) is 0 Å². The summed E-state index contributed by atoms with van der Waals surface area (Å²) in [6, 6.07) is 14.1. The second-order valence-electron chi connectivity index (χ2n) is 7.78. The van der Waals surface area contributed by atoms with Crippen molar-refractivity contribution in [1.29, 1.82) is 0 Å². The number of nitrogens with zero attached hydrogens (tertiary/aromatic N) is 1. The van der Waals surface area contributed by atoms with Gasteiger partial charge in [-0.2, -0.15) is 0 Å². The first kappa shape index (κ1) is 22.8. The monoisotopic (exact) mass is 423 g/mol. The fourth-order valence-electron chi connectivity index (χ4n) is 3.84. The number of rotatable bonds is 10. The maximum absolute atomic E-state index is 13.1. The molecule has 0 fully saturated rings. The van der Waals surface area contributed by atoms with Crippen molar-refractivity contribution < 1.29 is 14.3 Å². The standard InChI is InChI=1S/C25H33N3O3/c1-3-8-24(29)27-21-11-12-23(22(17-21)25(30)26-14-7-16-31-4-2)28-15-13-19-9-5-6-10-20(19)18-28/h5-6,9-12,17H,3-4,7-8,13-16,18H2,1-2H3,(H,26,30)(H,27,29). The molecule has 2 amide bonds. The molecule has 166 valence electrons. The summed E-state index contributed by atoms with van der Waals surface area (Å²) >= 11 is 0. The summed E-state index contributed by atoms with van der Waals surface area (Å²) in [5.41, 5.74) is 4.79. The van der Waals surface area contributed by atoms with E-state index in [2.05, 4.69) is 39.8 Å². The van der Waals surface area contributed by atoms with Crippen molar-refractivity contribution in [1.82, 2.24) is 5.32 Å². The lowest BCUT2D eigenvalue weighted by Crippen LogP contribution is -2.33. The van der Waals surface area contributed by atoms with E-state index in [-0.39, 0.29) is 11.8 Å². The fraction of sp³-hybridized carbons (Fsp3) is 0.440. The van der Waals surface area contributed by atoms with E-state index in [1.165, 1.54) is 11.1 Å². The number of carbonyl (C=O) groups excluding carboxylic acids is 2. The largest absolute Gasteiger partial charge is 0.382 e. The second-order valence-corrected chi connectivity index (χ2v) is 7.78. The first-order chi connectivity index (χ1) is 15.1. The number of nitrogens with one attached hydrogen (secondary N) is 2. The molecule has 0 spiro atoms. The van der Waals surface area contributed by atoms with Crippen LogP contribution in [-0.2, 0) is 22.5 Å². The van der Waals surface area contributed by atoms with Crippen molar-refractivity contribution in [2.75, 3.05) is 36.5 Å². The van der Waals surface area contributed by atoms with E-state index < -0.39 is 0 Å². The molecule has 6 heteroatoms. The molecule has 0 radical (unpaired) electrons. The smallest absolute Gasteiger partial charge is 0.253 e. The van der Waals surface area contributed by atoms with Gasteiger partial charge in [-0.3, -0.25) is 9.59 Å². The fourth-order valence-corrected chi connectivity index (χ4v) is 3.84. The quantitative estimate of drug-likeness (QED) is 0.564. The first-order valence-corrected chi connectivity index (χ1v) is 11.2. The molecule has 0 aromatic heterocycles. The molecule has 0 atom stereocenters. The minimum absolute atomic E-state index is 0.0368. The predicted octanol–water partition coefficient (Wildman–Crippen LogP) is 4.14. The summed E-state index contributed by atoms with van der Waals surface area (Å²) in [5, 5.41) is 5.91. The van der Waals surface area contributed by atoms with Crippen LogP contribution in [0.15, 0.2) is 42.5 Å². The third-order valence-electron chi connectivity index (χ3n) is 5.43. The van der Waals surface area contributed by atoms with Crippen molar-refractivity contribution in [3.8, 4) is 0 Å². The summed E-state index contributed by atoms with van der Waals surface area (Å²) in [6.45, 7) is 7.39. The molecule has 6 nitrogen and oxygen atoms in total. The molecular weight excluding hydrogens is 390 g/mol. The van der Waals surface area contributed by atoms with Crippen molar-refractivity contribution in [3.63, 3.8) is 0 Å². The molecule has 0 unspecified atom stereocenters. The van der Waals surface area contributed by atoms with E-state index in [0.29, 0.717) is 37.4 Å². The lowest BCUT2D eigenvalue weighted by molar-refractivity contribution is -0.116. The maximum Gasteiger partial charge on any atom is 0.253 e. The van der Waals surface area contributed by atoms with E-state index >= 15 is 0 Å². The summed E-state index contributed by atoms with van der Waals surface area (Å²) in [4.78, 5) is 27.4. The molecule has 3 rings (SSSR count). The van der Waals surface area contributed by atoms with Gasteiger partial charge in [-0.15, -0.1) is 0 Å². The highest BCUT2D eigenvalue weighted by atomic mass is 16.5. The number of ether oxygens (including phenoxy) is 1. The number of fused-ring (bicyclic) bond motifs is 1. The Morgan fingerprint density at radius 3 is 2.68 bits per heavy atom. The van der Waals surface area contributed by atoms with Gasteiger partial charge >= 0.3 is 0 Å². The van der Waals surface area contributed by atoms with Gasteiger partial charge in [0.2, 0.25) is 5.91 Å². The third kappa shape index (κ3) is 6.31. The van der Waals surface area contributed by atoms with E-state index in [0.717, 1.165) is 38.0 Å². The van der Waals surface area contributed by atoms with Gasteiger partial charge in [-0.05, 0) is 55.5 Å². The zero-order chi connectivity index (χ0) is 22.1. The Morgan fingerprint density at radius 1 is 1.10 bits per heavy atom. The van der Waals surface area contributed by atoms with Gasteiger partial charge in [0.15, 0.2) is 0 Å². The Labute approximate surface area is 185 Å². The van der Waals surface area contributed by atoms with Gasteiger partial charge in [-0.25, -0.2) is 0 Å². The average Bonchev–Trinajstić information content (AvgIpc) is 2.78. The van der Waals surface area contributed by atoms with Crippen LogP contribution >= 0.6 is 0 Å². The third-order valence-corrected chi connectivity index (χ3v) is 5.43. The highest BCUT2D eigenvalue weighted by Crippen LogP contribution is 2.29. The average molecular weight is 424 g/mol. The highest BCUT2D eigenvalue weighted by Gasteiger charge is 2.22. The lowest BCUT2D eigenvalue weighted by Gasteiger charge is -2.32. The van der Waals surface area contributed by atoms with Crippen molar-refractivity contribution in [3.05, 3.63) is 59.2 Å². The molecule has 0 aliphatic carbocycles. The van der Waals surface area contributed by atoms with Gasteiger partial charge in [0.05, 0.1) is 5.56 Å². The van der Waals surface area contributed by atoms with E-state index in [4.69, 9.17) is 4.74 Å². The molecular formula is C25H33N3O3. The Hall–Kier alpha value is -2.86. The lowest BCUT2D eigenvalue weighted by atomic mass is 9.98. The van der Waals surface area contributed by atoms with Gasteiger partial charge in [0.25, 0.3) is 5.91 Å². The zero-order valence-corrected chi connectivity index (χ0v) is 18.6. The SMILES string of the molecule is CCCC(=O)Nc1ccc(N2CCc3ccccc3C2)c(C(=O)NCCCOCC)c1. The normalized spacial score (nSPS) is 12.9. The zero-order valence-electron chi connectivity index (χ0n) is 18.6. The molecule has 1 aliphatic rings. The first-order valence-electron chi connectivity index (χ1n) is 11.2. The minimum atomic E-state index is -0.128. The van der Waals surface area contributed by atoms with Crippen LogP contribution in [0, 0.1) is 0 Å². The predicted molar refractivity (Wildman–Crippen MR) is 125 cm³/mol. The molecule has 2 N–H and O–H groups in total. The minimum Gasteiger partial charge on any atom is -0.382 e. The Bertz CT molecular complexity index is 897. The van der Waals surface area contributed by atoms with Gasteiger partial charge in [0.1, 0.15) is 0 Å². The number of amides is 2. The van der Waals surface area contributed by atoms with E-state index in [1.54, 1.807) is 6.07 Å². The Balaban J connectivity index is 1.80. The molecule has 0 saturated carbocycles. The summed E-state index contributed by atoms with van der Waals surface area (Å²) < 4.78 is 5.35. The topological polar surface area (TPSA) is 70.7 Å². The summed E-state index contributed by atoms with van der Waals surface area (Å²) in [7, 11) is 0. The molecule has 1 heterocycles. The van der Waals surface area contributed by atoms with Crippen LogP contribution in [0.2, 0.25) is 0 Å². The Kier molecular flexibility index (Phi) is 8.47. The van der Waals surface area contributed by atoms with Crippen LogP contribution in [0.5, 0.6) is 0 Å². The van der Waals surface area contributed by atoms with Crippen LogP contribution in [-0.4, -0.2) is 38.1 Å². The molecule has 1 aliphatic heterocycles. The van der Waals surface area contributed by atoms with Crippen molar-refractivity contribution in [2.24, 2.45) is 0 Å². The number of hydrogen-bond acceptors (Lipinski definition) is 4.